The van der Waals surface area contributed by atoms with Crippen LogP contribution < -0.4 is 0 Å². The van der Waals surface area contributed by atoms with E-state index in [1.54, 1.807) is 11.3 Å². The standard InChI is InChI=1S/C17H16OS/c1-12-5-2-3-6-14(12)11-16(18)15-8-4-7-13-9-10-19-17(13)15/h2-10,16,18H,11H2,1H3. The van der Waals surface area contributed by atoms with E-state index < -0.39 is 6.10 Å². The van der Waals surface area contributed by atoms with Gasteiger partial charge in [-0.3, -0.25) is 0 Å². The third kappa shape index (κ3) is 2.42. The summed E-state index contributed by atoms with van der Waals surface area (Å²) in [6, 6.07) is 16.5. The highest BCUT2D eigenvalue weighted by Crippen LogP contribution is 2.30. The van der Waals surface area contributed by atoms with E-state index in [9.17, 15) is 5.11 Å². The number of hydrogen-bond acceptors (Lipinski definition) is 2. The summed E-state index contributed by atoms with van der Waals surface area (Å²) in [4.78, 5) is 0. The predicted molar refractivity (Wildman–Crippen MR) is 81.7 cm³/mol. The van der Waals surface area contributed by atoms with E-state index in [-0.39, 0.29) is 0 Å². The van der Waals surface area contributed by atoms with E-state index in [4.69, 9.17) is 0 Å². The molecule has 96 valence electrons. The number of aliphatic hydroxyl groups excluding tert-OH is 1. The summed E-state index contributed by atoms with van der Waals surface area (Å²) < 4.78 is 1.20. The fourth-order valence-electron chi connectivity index (χ4n) is 2.44. The van der Waals surface area contributed by atoms with Crippen LogP contribution in [-0.4, -0.2) is 5.11 Å². The van der Waals surface area contributed by atoms with E-state index in [1.165, 1.54) is 21.2 Å². The monoisotopic (exact) mass is 268 g/mol. The number of benzene rings is 2. The van der Waals surface area contributed by atoms with E-state index in [1.807, 2.05) is 24.3 Å². The van der Waals surface area contributed by atoms with Crippen LogP contribution in [-0.2, 0) is 6.42 Å². The molecule has 19 heavy (non-hydrogen) atoms. The van der Waals surface area contributed by atoms with Crippen molar-refractivity contribution in [1.82, 2.24) is 0 Å². The van der Waals surface area contributed by atoms with Gasteiger partial charge < -0.3 is 5.11 Å². The molecule has 1 unspecified atom stereocenters. The normalized spacial score (nSPS) is 12.7. The maximum atomic E-state index is 10.5. The van der Waals surface area contributed by atoms with Gasteiger partial charge in [-0.1, -0.05) is 42.5 Å². The zero-order valence-electron chi connectivity index (χ0n) is 10.8. The zero-order valence-corrected chi connectivity index (χ0v) is 11.7. The second kappa shape index (κ2) is 5.16. The van der Waals surface area contributed by atoms with E-state index in [0.717, 1.165) is 5.56 Å². The Morgan fingerprint density at radius 2 is 1.89 bits per heavy atom. The summed E-state index contributed by atoms with van der Waals surface area (Å²) in [5.74, 6) is 0. The van der Waals surface area contributed by atoms with Gasteiger partial charge in [0.25, 0.3) is 0 Å². The first-order chi connectivity index (χ1) is 9.25. The highest BCUT2D eigenvalue weighted by Gasteiger charge is 2.13. The average Bonchev–Trinajstić information content (AvgIpc) is 2.89. The van der Waals surface area contributed by atoms with Crippen molar-refractivity contribution < 1.29 is 5.11 Å². The summed E-state index contributed by atoms with van der Waals surface area (Å²) in [5.41, 5.74) is 3.49. The van der Waals surface area contributed by atoms with E-state index in [2.05, 4.69) is 36.6 Å². The highest BCUT2D eigenvalue weighted by atomic mass is 32.1. The van der Waals surface area contributed by atoms with Gasteiger partial charge in [0.15, 0.2) is 0 Å². The predicted octanol–water partition coefficient (Wildman–Crippen LogP) is 4.49. The van der Waals surface area contributed by atoms with Crippen LogP contribution in [0.2, 0.25) is 0 Å². The van der Waals surface area contributed by atoms with Crippen molar-refractivity contribution in [3.8, 4) is 0 Å². The number of fused-ring (bicyclic) bond motifs is 1. The van der Waals surface area contributed by atoms with Crippen molar-refractivity contribution >= 4 is 21.4 Å². The first kappa shape index (κ1) is 12.4. The maximum absolute atomic E-state index is 10.5. The van der Waals surface area contributed by atoms with Crippen LogP contribution in [0.1, 0.15) is 22.8 Å². The molecule has 0 saturated heterocycles. The second-order valence-electron chi connectivity index (χ2n) is 4.83. The van der Waals surface area contributed by atoms with Gasteiger partial charge in [-0.25, -0.2) is 0 Å². The lowest BCUT2D eigenvalue weighted by Gasteiger charge is -2.13. The van der Waals surface area contributed by atoms with Crippen molar-refractivity contribution in [2.24, 2.45) is 0 Å². The summed E-state index contributed by atoms with van der Waals surface area (Å²) >= 11 is 1.70. The van der Waals surface area contributed by atoms with Crippen LogP contribution in [0.25, 0.3) is 10.1 Å². The minimum Gasteiger partial charge on any atom is -0.388 e. The van der Waals surface area contributed by atoms with E-state index in [0.29, 0.717) is 6.42 Å². The molecular formula is C17H16OS. The lowest BCUT2D eigenvalue weighted by molar-refractivity contribution is 0.180. The van der Waals surface area contributed by atoms with Crippen LogP contribution >= 0.6 is 11.3 Å². The minimum atomic E-state index is -0.441. The number of aryl methyl sites for hydroxylation is 1. The van der Waals surface area contributed by atoms with Crippen molar-refractivity contribution in [2.75, 3.05) is 0 Å². The Hall–Kier alpha value is -1.64. The Bertz CT molecular complexity index is 699. The molecule has 1 nitrogen and oxygen atoms in total. The number of rotatable bonds is 3. The quantitative estimate of drug-likeness (QED) is 0.742. The van der Waals surface area contributed by atoms with Gasteiger partial charge in [-0.05, 0) is 40.4 Å². The first-order valence-electron chi connectivity index (χ1n) is 6.44. The summed E-state index contributed by atoms with van der Waals surface area (Å²) in [5, 5.41) is 13.8. The van der Waals surface area contributed by atoms with Gasteiger partial charge in [-0.2, -0.15) is 0 Å². The number of aliphatic hydroxyl groups is 1. The molecule has 2 aromatic carbocycles. The Labute approximate surface area is 117 Å². The molecule has 0 spiro atoms. The maximum Gasteiger partial charge on any atom is 0.0844 e. The molecule has 2 heteroatoms. The molecule has 1 heterocycles. The van der Waals surface area contributed by atoms with Crippen LogP contribution in [0.3, 0.4) is 0 Å². The highest BCUT2D eigenvalue weighted by molar-refractivity contribution is 7.17. The van der Waals surface area contributed by atoms with Crippen molar-refractivity contribution in [3.05, 3.63) is 70.6 Å². The van der Waals surface area contributed by atoms with Crippen LogP contribution in [0.4, 0.5) is 0 Å². The summed E-state index contributed by atoms with van der Waals surface area (Å²) in [6.07, 6.45) is 0.229. The van der Waals surface area contributed by atoms with Gasteiger partial charge in [0, 0.05) is 11.1 Å². The number of thiophene rings is 1. The van der Waals surface area contributed by atoms with Gasteiger partial charge >= 0.3 is 0 Å². The molecular weight excluding hydrogens is 252 g/mol. The average molecular weight is 268 g/mol. The van der Waals surface area contributed by atoms with Crippen LogP contribution in [0.5, 0.6) is 0 Å². The van der Waals surface area contributed by atoms with Crippen LogP contribution in [0, 0.1) is 6.92 Å². The minimum absolute atomic E-state index is 0.441. The molecule has 0 radical (unpaired) electrons. The second-order valence-corrected chi connectivity index (χ2v) is 5.75. The molecule has 0 aliphatic heterocycles. The fraction of sp³-hybridized carbons (Fsp3) is 0.176. The zero-order chi connectivity index (χ0) is 13.2. The Morgan fingerprint density at radius 1 is 1.05 bits per heavy atom. The summed E-state index contributed by atoms with van der Waals surface area (Å²) in [6.45, 7) is 2.09. The fourth-order valence-corrected chi connectivity index (χ4v) is 3.40. The van der Waals surface area contributed by atoms with E-state index >= 15 is 0 Å². The Balaban J connectivity index is 1.94. The van der Waals surface area contributed by atoms with Gasteiger partial charge in [0.2, 0.25) is 0 Å². The molecule has 0 amide bonds. The molecule has 3 aromatic rings. The molecule has 0 aliphatic carbocycles. The third-order valence-electron chi connectivity index (χ3n) is 3.54. The molecule has 1 atom stereocenters. The van der Waals surface area contributed by atoms with Crippen LogP contribution in [0.15, 0.2) is 53.9 Å². The van der Waals surface area contributed by atoms with Gasteiger partial charge in [0.05, 0.1) is 6.10 Å². The van der Waals surface area contributed by atoms with Gasteiger partial charge in [0.1, 0.15) is 0 Å². The number of hydrogen-bond donors (Lipinski definition) is 1. The Morgan fingerprint density at radius 3 is 2.74 bits per heavy atom. The van der Waals surface area contributed by atoms with Gasteiger partial charge in [-0.15, -0.1) is 11.3 Å². The largest absolute Gasteiger partial charge is 0.388 e. The van der Waals surface area contributed by atoms with Crippen molar-refractivity contribution in [2.45, 2.75) is 19.4 Å². The molecule has 0 aliphatic rings. The van der Waals surface area contributed by atoms with Crippen molar-refractivity contribution in [3.63, 3.8) is 0 Å². The molecule has 1 N–H and O–H groups in total. The first-order valence-corrected chi connectivity index (χ1v) is 7.32. The lowest BCUT2D eigenvalue weighted by atomic mass is 9.98. The topological polar surface area (TPSA) is 20.2 Å². The molecule has 0 saturated carbocycles. The summed E-state index contributed by atoms with van der Waals surface area (Å²) in [7, 11) is 0. The molecule has 1 aromatic heterocycles. The van der Waals surface area contributed by atoms with Crippen molar-refractivity contribution in [1.29, 1.82) is 0 Å². The Kier molecular flexibility index (Phi) is 3.36. The molecule has 0 fully saturated rings. The lowest BCUT2D eigenvalue weighted by Crippen LogP contribution is -2.03. The third-order valence-corrected chi connectivity index (χ3v) is 4.52. The molecule has 0 bridgehead atoms. The smallest absolute Gasteiger partial charge is 0.0844 e. The molecule has 3 rings (SSSR count). The SMILES string of the molecule is Cc1ccccc1CC(O)c1cccc2ccsc12.